The van der Waals surface area contributed by atoms with Crippen molar-refractivity contribution < 1.29 is 9.53 Å². The standard InChI is InChI=1S/C17H19NO2/c1-11-7-5-8-12(2)15(11)16-13(3)9-6-10-14(16)20-17(19)18-4/h5-10H,1-4H3,(H,18,19). The van der Waals surface area contributed by atoms with Crippen molar-refractivity contribution in [3.05, 3.63) is 53.1 Å². The van der Waals surface area contributed by atoms with E-state index in [9.17, 15) is 4.79 Å². The highest BCUT2D eigenvalue weighted by molar-refractivity contribution is 5.82. The van der Waals surface area contributed by atoms with E-state index in [0.717, 1.165) is 16.7 Å². The lowest BCUT2D eigenvalue weighted by molar-refractivity contribution is 0.203. The van der Waals surface area contributed by atoms with E-state index in [4.69, 9.17) is 4.74 Å². The monoisotopic (exact) mass is 269 g/mol. The van der Waals surface area contributed by atoms with Crippen molar-refractivity contribution in [1.29, 1.82) is 0 Å². The Bertz CT molecular complexity index is 627. The molecule has 0 radical (unpaired) electrons. The van der Waals surface area contributed by atoms with Crippen LogP contribution in [-0.4, -0.2) is 13.1 Å². The van der Waals surface area contributed by atoms with Gasteiger partial charge < -0.3 is 10.1 Å². The first-order chi connectivity index (χ1) is 9.54. The molecule has 2 rings (SSSR count). The van der Waals surface area contributed by atoms with Gasteiger partial charge in [0.2, 0.25) is 0 Å². The summed E-state index contributed by atoms with van der Waals surface area (Å²) < 4.78 is 5.39. The molecule has 0 spiro atoms. The zero-order chi connectivity index (χ0) is 14.7. The molecule has 0 bridgehead atoms. The molecule has 0 aliphatic heterocycles. The topological polar surface area (TPSA) is 38.3 Å². The van der Waals surface area contributed by atoms with Crippen LogP contribution in [0.4, 0.5) is 4.79 Å². The summed E-state index contributed by atoms with van der Waals surface area (Å²) >= 11 is 0. The van der Waals surface area contributed by atoms with Crippen molar-refractivity contribution in [1.82, 2.24) is 5.32 Å². The summed E-state index contributed by atoms with van der Waals surface area (Å²) in [7, 11) is 1.55. The van der Waals surface area contributed by atoms with Crippen molar-refractivity contribution in [3.63, 3.8) is 0 Å². The summed E-state index contributed by atoms with van der Waals surface area (Å²) in [6.07, 6.45) is -0.455. The van der Waals surface area contributed by atoms with Crippen LogP contribution in [0.3, 0.4) is 0 Å². The predicted octanol–water partition coefficient (Wildman–Crippen LogP) is 4.00. The Labute approximate surface area is 119 Å². The zero-order valence-corrected chi connectivity index (χ0v) is 12.3. The molecular weight excluding hydrogens is 250 g/mol. The number of aryl methyl sites for hydroxylation is 3. The van der Waals surface area contributed by atoms with E-state index >= 15 is 0 Å². The lowest BCUT2D eigenvalue weighted by Crippen LogP contribution is -2.22. The van der Waals surface area contributed by atoms with E-state index in [1.54, 1.807) is 7.05 Å². The molecule has 0 heterocycles. The third kappa shape index (κ3) is 2.67. The Morgan fingerprint density at radius 3 is 1.95 bits per heavy atom. The molecule has 0 unspecified atom stereocenters. The van der Waals surface area contributed by atoms with Crippen LogP contribution in [0.15, 0.2) is 36.4 Å². The molecule has 3 nitrogen and oxygen atoms in total. The maximum atomic E-state index is 11.5. The Balaban J connectivity index is 2.64. The van der Waals surface area contributed by atoms with E-state index < -0.39 is 6.09 Å². The summed E-state index contributed by atoms with van der Waals surface area (Å²) in [4.78, 5) is 11.5. The highest BCUT2D eigenvalue weighted by Gasteiger charge is 2.15. The fraction of sp³-hybridized carbons (Fsp3) is 0.235. The van der Waals surface area contributed by atoms with Gasteiger partial charge in [-0.3, -0.25) is 0 Å². The van der Waals surface area contributed by atoms with Gasteiger partial charge in [-0.15, -0.1) is 0 Å². The molecule has 2 aromatic carbocycles. The molecule has 1 amide bonds. The van der Waals surface area contributed by atoms with Crippen LogP contribution >= 0.6 is 0 Å². The number of benzene rings is 2. The van der Waals surface area contributed by atoms with Crippen molar-refractivity contribution in [2.75, 3.05) is 7.05 Å². The summed E-state index contributed by atoms with van der Waals surface area (Å²) in [5.74, 6) is 0.585. The molecular formula is C17H19NO2. The normalized spacial score (nSPS) is 10.2. The molecule has 0 saturated heterocycles. The number of rotatable bonds is 2. The van der Waals surface area contributed by atoms with Gasteiger partial charge in [-0.25, -0.2) is 4.79 Å². The number of carbonyl (C=O) groups is 1. The third-order valence-electron chi connectivity index (χ3n) is 3.37. The van der Waals surface area contributed by atoms with Crippen molar-refractivity contribution >= 4 is 6.09 Å². The molecule has 0 aromatic heterocycles. The zero-order valence-electron chi connectivity index (χ0n) is 12.3. The molecule has 0 atom stereocenters. The highest BCUT2D eigenvalue weighted by Crippen LogP contribution is 2.37. The maximum absolute atomic E-state index is 11.5. The van der Waals surface area contributed by atoms with Crippen LogP contribution < -0.4 is 10.1 Å². The average Bonchev–Trinajstić information content (AvgIpc) is 2.41. The summed E-state index contributed by atoms with van der Waals surface area (Å²) in [5.41, 5.74) is 5.53. The Kier molecular flexibility index (Phi) is 4.08. The van der Waals surface area contributed by atoms with Crippen molar-refractivity contribution in [2.45, 2.75) is 20.8 Å². The van der Waals surface area contributed by atoms with Gasteiger partial charge in [-0.05, 0) is 49.1 Å². The third-order valence-corrected chi connectivity index (χ3v) is 3.37. The second kappa shape index (κ2) is 5.78. The summed E-state index contributed by atoms with van der Waals surface area (Å²) in [6.45, 7) is 6.16. The largest absolute Gasteiger partial charge is 0.412 e. The summed E-state index contributed by atoms with van der Waals surface area (Å²) in [5, 5.41) is 2.48. The van der Waals surface area contributed by atoms with E-state index in [1.165, 1.54) is 11.1 Å². The number of hydrogen-bond donors (Lipinski definition) is 1. The molecule has 0 saturated carbocycles. The number of ether oxygens (including phenoxy) is 1. The molecule has 0 aliphatic rings. The van der Waals surface area contributed by atoms with E-state index in [0.29, 0.717) is 5.75 Å². The van der Waals surface area contributed by atoms with Gasteiger partial charge in [-0.2, -0.15) is 0 Å². The quantitative estimate of drug-likeness (QED) is 0.895. The fourth-order valence-corrected chi connectivity index (χ4v) is 2.41. The first-order valence-corrected chi connectivity index (χ1v) is 6.60. The minimum atomic E-state index is -0.455. The van der Waals surface area contributed by atoms with Gasteiger partial charge in [0.05, 0.1) is 0 Å². The number of nitrogens with one attached hydrogen (secondary N) is 1. The Morgan fingerprint density at radius 1 is 0.900 bits per heavy atom. The average molecular weight is 269 g/mol. The fourth-order valence-electron chi connectivity index (χ4n) is 2.41. The Morgan fingerprint density at radius 2 is 1.40 bits per heavy atom. The van der Waals surface area contributed by atoms with Gasteiger partial charge in [0.1, 0.15) is 5.75 Å². The number of amides is 1. The second-order valence-corrected chi connectivity index (χ2v) is 4.85. The second-order valence-electron chi connectivity index (χ2n) is 4.85. The molecule has 2 aromatic rings. The van der Waals surface area contributed by atoms with E-state index in [-0.39, 0.29) is 0 Å². The SMILES string of the molecule is CNC(=O)Oc1cccc(C)c1-c1c(C)cccc1C. The van der Waals surface area contributed by atoms with Crippen LogP contribution in [0, 0.1) is 20.8 Å². The summed E-state index contributed by atoms with van der Waals surface area (Å²) in [6, 6.07) is 11.9. The predicted molar refractivity (Wildman–Crippen MR) is 81.2 cm³/mol. The number of carbonyl (C=O) groups excluding carboxylic acids is 1. The minimum absolute atomic E-state index is 0.455. The number of hydrogen-bond acceptors (Lipinski definition) is 2. The lowest BCUT2D eigenvalue weighted by Gasteiger charge is -2.16. The van der Waals surface area contributed by atoms with Crippen LogP contribution in [0.1, 0.15) is 16.7 Å². The van der Waals surface area contributed by atoms with Gasteiger partial charge in [0.25, 0.3) is 0 Å². The lowest BCUT2D eigenvalue weighted by atomic mass is 9.92. The van der Waals surface area contributed by atoms with E-state index in [1.807, 2.05) is 31.2 Å². The molecule has 1 N–H and O–H groups in total. The van der Waals surface area contributed by atoms with Gasteiger partial charge in [0.15, 0.2) is 0 Å². The van der Waals surface area contributed by atoms with Gasteiger partial charge >= 0.3 is 6.09 Å². The van der Waals surface area contributed by atoms with Crippen molar-refractivity contribution in [3.8, 4) is 16.9 Å². The molecule has 0 fully saturated rings. The molecule has 104 valence electrons. The molecule has 3 heteroatoms. The Hall–Kier alpha value is -2.29. The maximum Gasteiger partial charge on any atom is 0.412 e. The van der Waals surface area contributed by atoms with E-state index in [2.05, 4.69) is 31.3 Å². The first kappa shape index (κ1) is 14.1. The van der Waals surface area contributed by atoms with Crippen LogP contribution in [-0.2, 0) is 0 Å². The molecule has 20 heavy (non-hydrogen) atoms. The van der Waals surface area contributed by atoms with Gasteiger partial charge in [-0.1, -0.05) is 30.3 Å². The van der Waals surface area contributed by atoms with Crippen LogP contribution in [0.25, 0.3) is 11.1 Å². The van der Waals surface area contributed by atoms with Crippen LogP contribution in [0.5, 0.6) is 5.75 Å². The van der Waals surface area contributed by atoms with Gasteiger partial charge in [0, 0.05) is 12.6 Å². The van der Waals surface area contributed by atoms with Crippen LogP contribution in [0.2, 0.25) is 0 Å². The van der Waals surface area contributed by atoms with Crippen molar-refractivity contribution in [2.24, 2.45) is 0 Å². The highest BCUT2D eigenvalue weighted by atomic mass is 16.6. The molecule has 0 aliphatic carbocycles. The smallest absolute Gasteiger partial charge is 0.410 e. The minimum Gasteiger partial charge on any atom is -0.410 e. The first-order valence-electron chi connectivity index (χ1n) is 6.60.